The normalized spacial score (nSPS) is 21.6. The van der Waals surface area contributed by atoms with Crippen molar-refractivity contribution in [3.05, 3.63) is 60.2 Å². The Bertz CT molecular complexity index is 1010. The van der Waals surface area contributed by atoms with E-state index in [9.17, 15) is 13.2 Å². The van der Waals surface area contributed by atoms with Gasteiger partial charge < -0.3 is 9.64 Å². The van der Waals surface area contributed by atoms with Crippen molar-refractivity contribution < 1.29 is 17.9 Å². The Morgan fingerprint density at radius 3 is 2.52 bits per heavy atom. The Morgan fingerprint density at radius 1 is 1.06 bits per heavy atom. The second-order valence-corrected chi connectivity index (χ2v) is 10.5. The van der Waals surface area contributed by atoms with Crippen LogP contribution in [0.3, 0.4) is 0 Å². The summed E-state index contributed by atoms with van der Waals surface area (Å²) in [6, 6.07) is 17.7. The van der Waals surface area contributed by atoms with Gasteiger partial charge in [-0.05, 0) is 54.7 Å². The number of carbonyl (C=O) groups is 1. The molecule has 6 nitrogen and oxygen atoms in total. The molecule has 2 atom stereocenters. The first-order valence-electron chi connectivity index (χ1n) is 10.9. The van der Waals surface area contributed by atoms with Gasteiger partial charge in [0.25, 0.3) is 0 Å². The van der Waals surface area contributed by atoms with Crippen molar-refractivity contribution in [1.29, 1.82) is 0 Å². The molecular formula is C24H30N2O4S. The van der Waals surface area contributed by atoms with Crippen molar-refractivity contribution >= 4 is 16.1 Å². The smallest absolute Gasteiger partial charge is 0.410 e. The third kappa shape index (κ3) is 6.08. The number of carbonyl (C=O) groups excluding carboxylic acids is 1. The lowest BCUT2D eigenvalue weighted by molar-refractivity contribution is 0.0618. The minimum absolute atomic E-state index is 0.291. The summed E-state index contributed by atoms with van der Waals surface area (Å²) in [6.45, 7) is 1.03. The number of nitrogens with one attached hydrogen (secondary N) is 1. The van der Waals surface area contributed by atoms with E-state index in [-0.39, 0.29) is 18.2 Å². The number of amides is 1. The zero-order chi connectivity index (χ0) is 21.8. The summed E-state index contributed by atoms with van der Waals surface area (Å²) in [4.78, 5) is 14.6. The predicted octanol–water partition coefficient (Wildman–Crippen LogP) is 3.82. The average Bonchev–Trinajstić information content (AvgIpc) is 3.58. The van der Waals surface area contributed by atoms with Crippen LogP contribution in [0.2, 0.25) is 0 Å². The molecule has 1 saturated heterocycles. The lowest BCUT2D eigenvalue weighted by atomic mass is 9.90. The number of hydrogen-bond donors (Lipinski definition) is 1. The molecule has 1 N–H and O–H groups in total. The Morgan fingerprint density at radius 2 is 1.81 bits per heavy atom. The second-order valence-electron chi connectivity index (χ2n) is 8.69. The molecule has 0 aromatic heterocycles. The largest absolute Gasteiger partial charge is 0.449 e. The quantitative estimate of drug-likeness (QED) is 0.707. The van der Waals surface area contributed by atoms with E-state index in [1.807, 2.05) is 30.3 Å². The monoisotopic (exact) mass is 442 g/mol. The number of sulfonamides is 1. The summed E-state index contributed by atoms with van der Waals surface area (Å²) in [5.41, 5.74) is 3.29. The van der Waals surface area contributed by atoms with Crippen LogP contribution >= 0.6 is 0 Å². The van der Waals surface area contributed by atoms with E-state index < -0.39 is 10.0 Å². The van der Waals surface area contributed by atoms with Crippen molar-refractivity contribution in [1.82, 2.24) is 9.62 Å². The van der Waals surface area contributed by atoms with Gasteiger partial charge in [-0.15, -0.1) is 0 Å². The van der Waals surface area contributed by atoms with Gasteiger partial charge in [0.15, 0.2) is 0 Å². The highest BCUT2D eigenvalue weighted by atomic mass is 32.2. The molecule has 2 aromatic rings. The average molecular weight is 443 g/mol. The van der Waals surface area contributed by atoms with Gasteiger partial charge in [-0.2, -0.15) is 0 Å². The van der Waals surface area contributed by atoms with Crippen molar-refractivity contribution in [3.8, 4) is 11.1 Å². The third-order valence-corrected chi connectivity index (χ3v) is 6.73. The highest BCUT2D eigenvalue weighted by molar-refractivity contribution is 7.88. The maximum Gasteiger partial charge on any atom is 0.410 e. The third-order valence-electron chi connectivity index (χ3n) is 6.00. The number of ether oxygens (including phenoxy) is 1. The molecule has 2 aliphatic rings. The van der Waals surface area contributed by atoms with E-state index in [2.05, 4.69) is 29.0 Å². The van der Waals surface area contributed by atoms with E-state index >= 15 is 0 Å². The highest BCUT2D eigenvalue weighted by Gasteiger charge is 2.37. The molecule has 2 fully saturated rings. The van der Waals surface area contributed by atoms with Crippen LogP contribution in [0.25, 0.3) is 11.1 Å². The molecule has 1 aliphatic carbocycles. The fourth-order valence-corrected chi connectivity index (χ4v) is 5.08. The number of rotatable bonds is 7. The maximum absolute atomic E-state index is 12.9. The first kappa shape index (κ1) is 21.8. The Labute approximate surface area is 184 Å². The van der Waals surface area contributed by atoms with Gasteiger partial charge in [0.05, 0.1) is 18.9 Å². The number of likely N-dealkylation sites (tertiary alicyclic amines) is 1. The standard InChI is InChI=1S/C24H30N2O4S/c1-31(28,29)25-22-11-6-14-26(24(27)30-17-18-12-13-18)23(22)16-19-7-5-10-21(15-19)20-8-3-2-4-9-20/h2-5,7-10,15,18,22-23,25H,6,11-14,16-17H2,1H3. The fraction of sp³-hybridized carbons (Fsp3) is 0.458. The van der Waals surface area contributed by atoms with Gasteiger partial charge in [0.1, 0.15) is 0 Å². The zero-order valence-electron chi connectivity index (χ0n) is 17.9. The van der Waals surface area contributed by atoms with Crippen molar-refractivity contribution in [2.24, 2.45) is 5.92 Å². The second kappa shape index (κ2) is 9.40. The lowest BCUT2D eigenvalue weighted by Crippen LogP contribution is -2.57. The topological polar surface area (TPSA) is 75.7 Å². The number of nitrogens with zero attached hydrogens (tertiary/aromatic N) is 1. The predicted molar refractivity (Wildman–Crippen MR) is 121 cm³/mol. The van der Waals surface area contributed by atoms with Gasteiger partial charge in [-0.3, -0.25) is 0 Å². The van der Waals surface area contributed by atoms with Crippen LogP contribution in [0.1, 0.15) is 31.2 Å². The van der Waals surface area contributed by atoms with Crippen molar-refractivity contribution in [3.63, 3.8) is 0 Å². The van der Waals surface area contributed by atoms with Crippen LogP contribution in [0.4, 0.5) is 4.79 Å². The van der Waals surface area contributed by atoms with Gasteiger partial charge in [0, 0.05) is 12.6 Å². The summed E-state index contributed by atoms with van der Waals surface area (Å²) >= 11 is 0. The van der Waals surface area contributed by atoms with E-state index in [1.54, 1.807) is 4.90 Å². The summed E-state index contributed by atoms with van der Waals surface area (Å²) in [6.07, 6.45) is 5.06. The van der Waals surface area contributed by atoms with Crippen LogP contribution in [0, 0.1) is 5.92 Å². The summed E-state index contributed by atoms with van der Waals surface area (Å²) in [5, 5.41) is 0. The molecule has 4 rings (SSSR count). The minimum Gasteiger partial charge on any atom is -0.449 e. The molecule has 0 spiro atoms. The molecule has 166 valence electrons. The van der Waals surface area contributed by atoms with Crippen molar-refractivity contribution in [2.45, 2.75) is 44.2 Å². The SMILES string of the molecule is CS(=O)(=O)NC1CCCN(C(=O)OCC2CC2)C1Cc1cccc(-c2ccccc2)c1. The molecule has 2 aromatic carbocycles. The number of piperidine rings is 1. The van der Waals surface area contributed by atoms with Crippen LogP contribution in [-0.2, 0) is 21.2 Å². The molecule has 0 bridgehead atoms. The fourth-order valence-electron chi connectivity index (χ4n) is 4.26. The highest BCUT2D eigenvalue weighted by Crippen LogP contribution is 2.30. The van der Waals surface area contributed by atoms with Crippen LogP contribution in [-0.4, -0.2) is 50.9 Å². The Balaban J connectivity index is 1.57. The van der Waals surface area contributed by atoms with Crippen LogP contribution < -0.4 is 4.72 Å². The minimum atomic E-state index is -3.39. The van der Waals surface area contributed by atoms with Crippen LogP contribution in [0.15, 0.2) is 54.6 Å². The van der Waals surface area contributed by atoms with E-state index in [0.717, 1.165) is 36.0 Å². The summed E-state index contributed by atoms with van der Waals surface area (Å²) in [7, 11) is -3.39. The molecule has 7 heteroatoms. The summed E-state index contributed by atoms with van der Waals surface area (Å²) < 4.78 is 32.3. The van der Waals surface area contributed by atoms with Crippen LogP contribution in [0.5, 0.6) is 0 Å². The molecule has 1 aliphatic heterocycles. The summed E-state index contributed by atoms with van der Waals surface area (Å²) in [5.74, 6) is 0.486. The zero-order valence-corrected chi connectivity index (χ0v) is 18.7. The first-order chi connectivity index (χ1) is 14.9. The lowest BCUT2D eigenvalue weighted by Gasteiger charge is -2.40. The van der Waals surface area contributed by atoms with E-state index in [1.165, 1.54) is 6.26 Å². The Kier molecular flexibility index (Phi) is 6.62. The molecule has 2 unspecified atom stereocenters. The van der Waals surface area contributed by atoms with Gasteiger partial charge in [-0.1, -0.05) is 54.6 Å². The van der Waals surface area contributed by atoms with Crippen molar-refractivity contribution in [2.75, 3.05) is 19.4 Å². The molecule has 1 saturated carbocycles. The Hall–Kier alpha value is -2.38. The molecule has 0 radical (unpaired) electrons. The van der Waals surface area contributed by atoms with Gasteiger partial charge in [0.2, 0.25) is 10.0 Å². The van der Waals surface area contributed by atoms with Gasteiger partial charge in [-0.25, -0.2) is 17.9 Å². The molecule has 1 amide bonds. The number of benzene rings is 2. The maximum atomic E-state index is 12.9. The molecule has 1 heterocycles. The molecular weight excluding hydrogens is 412 g/mol. The molecule has 31 heavy (non-hydrogen) atoms. The van der Waals surface area contributed by atoms with E-state index in [4.69, 9.17) is 4.74 Å². The number of hydrogen-bond acceptors (Lipinski definition) is 4. The first-order valence-corrected chi connectivity index (χ1v) is 12.8. The van der Waals surface area contributed by atoms with E-state index in [0.29, 0.717) is 31.9 Å². The van der Waals surface area contributed by atoms with Gasteiger partial charge >= 0.3 is 6.09 Å².